The van der Waals surface area contributed by atoms with Crippen LogP contribution in [0.25, 0.3) is 11.0 Å². The number of unbranched alkanes of at least 4 members (excludes halogenated alkanes) is 5. The maximum Gasteiger partial charge on any atom is 0.124 e. The Morgan fingerprint density at radius 1 is 1.05 bits per heavy atom. The van der Waals surface area contributed by atoms with Crippen LogP contribution in [0.5, 0.6) is 0 Å². The predicted octanol–water partition coefficient (Wildman–Crippen LogP) is 4.79. The fraction of sp³-hybridized carbons (Fsp3) is 0.562. The van der Waals surface area contributed by atoms with Gasteiger partial charge in [0.1, 0.15) is 6.73 Å². The Kier molecular flexibility index (Phi) is 8.31. The van der Waals surface area contributed by atoms with Crippen molar-refractivity contribution < 1.29 is 4.74 Å². The van der Waals surface area contributed by atoms with E-state index in [4.69, 9.17) is 4.74 Å². The molecule has 0 radical (unpaired) electrons. The Morgan fingerprint density at radius 2 is 1.80 bits per heavy atom. The second-order valence-corrected chi connectivity index (χ2v) is 5.01. The summed E-state index contributed by atoms with van der Waals surface area (Å²) in [5.41, 5.74) is 2.18. The molecule has 0 fully saturated rings. The average Bonchev–Trinajstić information content (AvgIpc) is 2.85. The highest BCUT2D eigenvalue weighted by Gasteiger charge is 2.00. The van der Waals surface area contributed by atoms with Crippen molar-refractivity contribution in [3.05, 3.63) is 30.6 Å². The minimum absolute atomic E-state index is 0. The van der Waals surface area contributed by atoms with Gasteiger partial charge in [-0.15, -0.1) is 12.4 Å². The molecule has 0 bridgehead atoms. The molecule has 0 saturated heterocycles. The van der Waals surface area contributed by atoms with Crippen LogP contribution in [0.15, 0.2) is 30.6 Å². The number of hydrogen-bond acceptors (Lipinski definition) is 2. The van der Waals surface area contributed by atoms with E-state index in [0.717, 1.165) is 24.1 Å². The number of nitrogens with zero attached hydrogens (tertiary/aromatic N) is 2. The molecule has 0 amide bonds. The van der Waals surface area contributed by atoms with Crippen molar-refractivity contribution in [2.75, 3.05) is 6.61 Å². The number of rotatable bonds is 9. The maximum atomic E-state index is 5.72. The molecule has 0 saturated carbocycles. The van der Waals surface area contributed by atoms with Gasteiger partial charge in [-0.25, -0.2) is 4.98 Å². The first-order valence-corrected chi connectivity index (χ1v) is 7.39. The lowest BCUT2D eigenvalue weighted by molar-refractivity contribution is 0.0763. The zero-order valence-corrected chi connectivity index (χ0v) is 13.1. The van der Waals surface area contributed by atoms with Crippen molar-refractivity contribution in [1.29, 1.82) is 0 Å². The Hall–Kier alpha value is -1.06. The van der Waals surface area contributed by atoms with Crippen molar-refractivity contribution in [3.63, 3.8) is 0 Å². The van der Waals surface area contributed by atoms with Crippen LogP contribution in [0.1, 0.15) is 45.4 Å². The molecule has 0 aliphatic carbocycles. The van der Waals surface area contributed by atoms with E-state index in [9.17, 15) is 0 Å². The van der Waals surface area contributed by atoms with E-state index in [2.05, 4.69) is 22.5 Å². The molecule has 0 unspecified atom stereocenters. The molecule has 0 aliphatic rings. The van der Waals surface area contributed by atoms with E-state index >= 15 is 0 Å². The van der Waals surface area contributed by atoms with Crippen molar-refractivity contribution in [3.8, 4) is 0 Å². The summed E-state index contributed by atoms with van der Waals surface area (Å²) in [5.74, 6) is 0. The lowest BCUT2D eigenvalue weighted by Crippen LogP contribution is -2.02. The SMILES string of the molecule is CCCCCCCCOCn1cnc2ccccc21.Cl. The first-order valence-electron chi connectivity index (χ1n) is 7.39. The molecule has 2 aromatic rings. The fourth-order valence-corrected chi connectivity index (χ4v) is 2.26. The molecule has 0 N–H and O–H groups in total. The molecule has 3 nitrogen and oxygen atoms in total. The number of benzene rings is 1. The van der Waals surface area contributed by atoms with Crippen molar-refractivity contribution in [1.82, 2.24) is 9.55 Å². The second kappa shape index (κ2) is 9.78. The highest BCUT2D eigenvalue weighted by atomic mass is 35.5. The number of imidazole rings is 1. The first-order chi connectivity index (χ1) is 9.42. The van der Waals surface area contributed by atoms with Gasteiger partial charge in [0.2, 0.25) is 0 Å². The summed E-state index contributed by atoms with van der Waals surface area (Å²) in [6, 6.07) is 8.15. The summed E-state index contributed by atoms with van der Waals surface area (Å²) < 4.78 is 7.78. The normalized spacial score (nSPS) is 10.7. The smallest absolute Gasteiger partial charge is 0.124 e. The number of halogens is 1. The topological polar surface area (TPSA) is 27.1 Å². The van der Waals surface area contributed by atoms with Gasteiger partial charge in [0, 0.05) is 6.61 Å². The third-order valence-electron chi connectivity index (χ3n) is 3.40. The molecular weight excluding hydrogens is 272 g/mol. The van der Waals surface area contributed by atoms with Gasteiger partial charge in [-0.1, -0.05) is 51.2 Å². The summed E-state index contributed by atoms with van der Waals surface area (Å²) in [5, 5.41) is 0. The van der Waals surface area contributed by atoms with Crippen LogP contribution in [-0.2, 0) is 11.5 Å². The zero-order valence-electron chi connectivity index (χ0n) is 12.3. The van der Waals surface area contributed by atoms with Crippen LogP contribution in [0.2, 0.25) is 0 Å². The zero-order chi connectivity index (χ0) is 13.3. The summed E-state index contributed by atoms with van der Waals surface area (Å²) >= 11 is 0. The number of aromatic nitrogens is 2. The Labute approximate surface area is 127 Å². The lowest BCUT2D eigenvalue weighted by Gasteiger charge is -2.06. The van der Waals surface area contributed by atoms with Crippen LogP contribution in [0, 0.1) is 0 Å². The van der Waals surface area contributed by atoms with Crippen LogP contribution < -0.4 is 0 Å². The highest BCUT2D eigenvalue weighted by molar-refractivity contribution is 5.85. The number of fused-ring (bicyclic) bond motifs is 1. The van der Waals surface area contributed by atoms with E-state index in [1.165, 1.54) is 32.1 Å². The van der Waals surface area contributed by atoms with E-state index in [1.807, 2.05) is 24.5 Å². The third-order valence-corrected chi connectivity index (χ3v) is 3.40. The van der Waals surface area contributed by atoms with E-state index < -0.39 is 0 Å². The summed E-state index contributed by atoms with van der Waals surface area (Å²) in [7, 11) is 0. The molecule has 1 aromatic carbocycles. The van der Waals surface area contributed by atoms with Gasteiger partial charge >= 0.3 is 0 Å². The molecule has 0 aliphatic heterocycles. The Balaban J connectivity index is 0.00000200. The minimum atomic E-state index is 0. The van der Waals surface area contributed by atoms with Gasteiger partial charge in [-0.2, -0.15) is 0 Å². The van der Waals surface area contributed by atoms with Crippen LogP contribution in [0.4, 0.5) is 0 Å². The number of ether oxygens (including phenoxy) is 1. The average molecular weight is 297 g/mol. The second-order valence-electron chi connectivity index (χ2n) is 5.01. The van der Waals surface area contributed by atoms with Crippen LogP contribution >= 0.6 is 12.4 Å². The molecule has 112 valence electrons. The fourth-order valence-electron chi connectivity index (χ4n) is 2.26. The third kappa shape index (κ3) is 5.14. The highest BCUT2D eigenvalue weighted by Crippen LogP contribution is 2.12. The molecule has 1 heterocycles. The summed E-state index contributed by atoms with van der Waals surface area (Å²) in [6.45, 7) is 3.70. The van der Waals surface area contributed by atoms with E-state index in [-0.39, 0.29) is 12.4 Å². The summed E-state index contributed by atoms with van der Waals surface area (Å²) in [6.07, 6.45) is 9.67. The van der Waals surface area contributed by atoms with E-state index in [0.29, 0.717) is 6.73 Å². The van der Waals surface area contributed by atoms with Gasteiger partial charge in [0.05, 0.1) is 17.4 Å². The lowest BCUT2D eigenvalue weighted by atomic mass is 10.1. The molecular formula is C16H25ClN2O. The van der Waals surface area contributed by atoms with Crippen molar-refractivity contribution in [2.24, 2.45) is 0 Å². The maximum absolute atomic E-state index is 5.72. The molecule has 0 spiro atoms. The Bertz CT molecular complexity index is 484. The molecule has 2 rings (SSSR count). The summed E-state index contributed by atoms with van der Waals surface area (Å²) in [4.78, 5) is 4.35. The Morgan fingerprint density at radius 3 is 2.65 bits per heavy atom. The number of hydrogen-bond donors (Lipinski definition) is 0. The monoisotopic (exact) mass is 296 g/mol. The van der Waals surface area contributed by atoms with Gasteiger partial charge in [-0.3, -0.25) is 0 Å². The molecule has 1 aromatic heterocycles. The quantitative estimate of drug-likeness (QED) is 0.622. The van der Waals surface area contributed by atoms with E-state index in [1.54, 1.807) is 0 Å². The van der Waals surface area contributed by atoms with Gasteiger partial charge < -0.3 is 9.30 Å². The first kappa shape index (κ1) is 17.0. The van der Waals surface area contributed by atoms with Gasteiger partial charge in [-0.05, 0) is 18.6 Å². The molecule has 4 heteroatoms. The molecule has 0 atom stereocenters. The standard InChI is InChI=1S/C16H24N2O.ClH/c1-2-3-4-5-6-9-12-19-14-18-13-17-15-10-7-8-11-16(15)18;/h7-8,10-11,13H,2-6,9,12,14H2,1H3;1H. The molecule has 20 heavy (non-hydrogen) atoms. The minimum Gasteiger partial charge on any atom is -0.361 e. The van der Waals surface area contributed by atoms with Gasteiger partial charge in [0.15, 0.2) is 0 Å². The van der Waals surface area contributed by atoms with Crippen LogP contribution in [-0.4, -0.2) is 16.2 Å². The number of para-hydroxylation sites is 2. The van der Waals surface area contributed by atoms with Crippen molar-refractivity contribution >= 4 is 23.4 Å². The van der Waals surface area contributed by atoms with Crippen molar-refractivity contribution in [2.45, 2.75) is 52.2 Å². The largest absolute Gasteiger partial charge is 0.361 e. The predicted molar refractivity (Wildman–Crippen MR) is 86.3 cm³/mol. The van der Waals surface area contributed by atoms with Gasteiger partial charge in [0.25, 0.3) is 0 Å². The van der Waals surface area contributed by atoms with Crippen LogP contribution in [0.3, 0.4) is 0 Å².